The molecule has 0 atom stereocenters. The van der Waals surface area contributed by atoms with Crippen molar-refractivity contribution in [2.75, 3.05) is 30.9 Å². The fourth-order valence-electron chi connectivity index (χ4n) is 2.86. The highest BCUT2D eigenvalue weighted by Gasteiger charge is 2.24. The Kier molecular flexibility index (Phi) is 8.13. The second kappa shape index (κ2) is 9.62. The molecule has 0 fully saturated rings. The molecule has 6 nitrogen and oxygen atoms in total. The second-order valence-electron chi connectivity index (χ2n) is 8.58. The molecule has 0 aromatic heterocycles. The first kappa shape index (κ1) is 22.8. The largest absolute Gasteiger partial charge is 0.377 e. The van der Waals surface area contributed by atoms with Crippen LogP contribution >= 0.6 is 0 Å². The Bertz CT molecular complexity index is 648. The molecule has 3 amide bonds. The maximum atomic E-state index is 12.9. The first-order valence-corrected chi connectivity index (χ1v) is 9.59. The zero-order valence-electron chi connectivity index (χ0n) is 18.1. The third-order valence-electron chi connectivity index (χ3n) is 4.12. The summed E-state index contributed by atoms with van der Waals surface area (Å²) in [5, 5.41) is 5.58. The third kappa shape index (κ3) is 7.49. The summed E-state index contributed by atoms with van der Waals surface area (Å²) in [6.07, 6.45) is 0.499. The van der Waals surface area contributed by atoms with Crippen LogP contribution in [0.2, 0.25) is 0 Å². The average molecular weight is 377 g/mol. The topological polar surface area (TPSA) is 64.7 Å². The van der Waals surface area contributed by atoms with Crippen molar-refractivity contribution < 1.29 is 9.59 Å². The molecular formula is C21H36N4O2. The van der Waals surface area contributed by atoms with Crippen molar-refractivity contribution >= 4 is 23.3 Å². The summed E-state index contributed by atoms with van der Waals surface area (Å²) in [4.78, 5) is 28.6. The summed E-state index contributed by atoms with van der Waals surface area (Å²) in [5.41, 5.74) is 2.69. The Balaban J connectivity index is 3.15. The van der Waals surface area contributed by atoms with Gasteiger partial charge in [0.05, 0.1) is 0 Å². The van der Waals surface area contributed by atoms with E-state index in [-0.39, 0.29) is 23.4 Å². The average Bonchev–Trinajstić information content (AvgIpc) is 2.50. The molecule has 1 aromatic rings. The van der Waals surface area contributed by atoms with Gasteiger partial charge in [-0.1, -0.05) is 20.8 Å². The van der Waals surface area contributed by atoms with Crippen LogP contribution in [-0.4, -0.2) is 43.5 Å². The van der Waals surface area contributed by atoms with Crippen LogP contribution in [0.4, 0.5) is 16.2 Å². The normalized spacial score (nSPS) is 11.3. The number of rotatable bonds is 7. The van der Waals surface area contributed by atoms with E-state index in [2.05, 4.69) is 31.4 Å². The van der Waals surface area contributed by atoms with Crippen LogP contribution in [-0.2, 0) is 11.3 Å². The van der Waals surface area contributed by atoms with Crippen LogP contribution in [0.5, 0.6) is 0 Å². The number of hydrogen-bond donors (Lipinski definition) is 2. The van der Waals surface area contributed by atoms with Gasteiger partial charge in [-0.2, -0.15) is 0 Å². The van der Waals surface area contributed by atoms with Crippen molar-refractivity contribution in [3.05, 3.63) is 23.8 Å². The lowest BCUT2D eigenvalue weighted by Crippen LogP contribution is -2.38. The van der Waals surface area contributed by atoms with E-state index in [1.807, 2.05) is 62.9 Å². The smallest absolute Gasteiger partial charge is 0.319 e. The number of nitrogens with zero attached hydrogens (tertiary/aromatic N) is 2. The summed E-state index contributed by atoms with van der Waals surface area (Å²) in [6, 6.07) is 5.67. The minimum atomic E-state index is -0.231. The van der Waals surface area contributed by atoms with Crippen molar-refractivity contribution in [2.24, 2.45) is 5.41 Å². The standard InChI is InChI=1S/C21H36N4O2/c1-9-22-20(27)23-17-10-11-18(24(7)8)16(12-17)14-25(15(2)3)19(26)13-21(4,5)6/h10-12,15H,9,13-14H2,1-8H3,(H2,22,23,27). The molecule has 0 bridgehead atoms. The first-order chi connectivity index (χ1) is 12.4. The van der Waals surface area contributed by atoms with Gasteiger partial charge in [0.1, 0.15) is 0 Å². The van der Waals surface area contributed by atoms with Crippen LogP contribution in [0.3, 0.4) is 0 Å². The highest BCUT2D eigenvalue weighted by atomic mass is 16.2. The lowest BCUT2D eigenvalue weighted by atomic mass is 9.91. The molecule has 6 heteroatoms. The molecule has 0 aliphatic rings. The van der Waals surface area contributed by atoms with Gasteiger partial charge in [-0.25, -0.2) is 4.79 Å². The molecule has 0 unspecified atom stereocenters. The minimum Gasteiger partial charge on any atom is -0.377 e. The SMILES string of the molecule is CCNC(=O)Nc1ccc(N(C)C)c(CN(C(=O)CC(C)(C)C)C(C)C)c1. The van der Waals surface area contributed by atoms with Crippen LogP contribution < -0.4 is 15.5 Å². The van der Waals surface area contributed by atoms with E-state index in [1.165, 1.54) is 0 Å². The van der Waals surface area contributed by atoms with Crippen molar-refractivity contribution in [3.63, 3.8) is 0 Å². The molecule has 152 valence electrons. The summed E-state index contributed by atoms with van der Waals surface area (Å²) < 4.78 is 0. The Morgan fingerprint density at radius 1 is 1.15 bits per heavy atom. The van der Waals surface area contributed by atoms with E-state index in [4.69, 9.17) is 0 Å². The highest BCUT2D eigenvalue weighted by molar-refractivity contribution is 5.89. The van der Waals surface area contributed by atoms with Crippen LogP contribution in [0.25, 0.3) is 0 Å². The Hall–Kier alpha value is -2.24. The maximum absolute atomic E-state index is 12.9. The van der Waals surface area contributed by atoms with Crippen molar-refractivity contribution in [2.45, 2.75) is 60.5 Å². The lowest BCUT2D eigenvalue weighted by Gasteiger charge is -2.31. The number of nitrogens with one attached hydrogen (secondary N) is 2. The monoisotopic (exact) mass is 376 g/mol. The molecule has 0 aliphatic heterocycles. The van der Waals surface area contributed by atoms with Gasteiger partial charge >= 0.3 is 6.03 Å². The fourth-order valence-corrected chi connectivity index (χ4v) is 2.86. The number of anilines is 2. The van der Waals surface area contributed by atoms with E-state index >= 15 is 0 Å². The number of carbonyl (C=O) groups excluding carboxylic acids is 2. The summed E-state index contributed by atoms with van der Waals surface area (Å²) in [6.45, 7) is 13.2. The Morgan fingerprint density at radius 2 is 1.78 bits per heavy atom. The molecule has 1 aromatic carbocycles. The van der Waals surface area contributed by atoms with Gasteiger partial charge in [0.15, 0.2) is 0 Å². The number of benzene rings is 1. The van der Waals surface area contributed by atoms with Gasteiger partial charge in [-0.15, -0.1) is 0 Å². The predicted octanol–water partition coefficient (Wildman–Crippen LogP) is 4.07. The van der Waals surface area contributed by atoms with Crippen molar-refractivity contribution in [3.8, 4) is 0 Å². The molecule has 0 saturated carbocycles. The summed E-state index contributed by atoms with van der Waals surface area (Å²) in [5.74, 6) is 0.143. The van der Waals surface area contributed by atoms with Gasteiger partial charge in [0.25, 0.3) is 0 Å². The molecular weight excluding hydrogens is 340 g/mol. The predicted molar refractivity (Wildman–Crippen MR) is 113 cm³/mol. The summed E-state index contributed by atoms with van der Waals surface area (Å²) in [7, 11) is 3.96. The van der Waals surface area contributed by atoms with E-state index in [9.17, 15) is 9.59 Å². The third-order valence-corrected chi connectivity index (χ3v) is 4.12. The zero-order chi connectivity index (χ0) is 20.8. The van der Waals surface area contributed by atoms with Gasteiger partial charge in [-0.05, 0) is 49.9 Å². The molecule has 27 heavy (non-hydrogen) atoms. The van der Waals surface area contributed by atoms with Crippen LogP contribution in [0, 0.1) is 5.41 Å². The molecule has 0 radical (unpaired) electrons. The van der Waals surface area contributed by atoms with Crippen molar-refractivity contribution in [1.82, 2.24) is 10.2 Å². The molecule has 0 spiro atoms. The van der Waals surface area contributed by atoms with Crippen LogP contribution in [0.15, 0.2) is 18.2 Å². The highest BCUT2D eigenvalue weighted by Crippen LogP contribution is 2.27. The molecule has 0 saturated heterocycles. The van der Waals surface area contributed by atoms with Gasteiger partial charge in [0, 0.05) is 51.0 Å². The number of hydrogen-bond acceptors (Lipinski definition) is 3. The van der Waals surface area contributed by atoms with Crippen LogP contribution in [0.1, 0.15) is 53.5 Å². The Labute approximate surface area is 164 Å². The number of carbonyl (C=O) groups is 2. The molecule has 0 heterocycles. The summed E-state index contributed by atoms with van der Waals surface area (Å²) >= 11 is 0. The first-order valence-electron chi connectivity index (χ1n) is 9.59. The molecule has 0 aliphatic carbocycles. The number of urea groups is 1. The number of amides is 3. The van der Waals surface area contributed by atoms with E-state index in [1.54, 1.807) is 0 Å². The quantitative estimate of drug-likeness (QED) is 0.754. The Morgan fingerprint density at radius 3 is 2.26 bits per heavy atom. The second-order valence-corrected chi connectivity index (χ2v) is 8.58. The maximum Gasteiger partial charge on any atom is 0.319 e. The van der Waals surface area contributed by atoms with E-state index in [0.29, 0.717) is 25.2 Å². The van der Waals surface area contributed by atoms with Gasteiger partial charge in [-0.3, -0.25) is 4.79 Å². The van der Waals surface area contributed by atoms with Crippen molar-refractivity contribution in [1.29, 1.82) is 0 Å². The zero-order valence-corrected chi connectivity index (χ0v) is 18.1. The fraction of sp³-hybridized carbons (Fsp3) is 0.619. The molecule has 1 rings (SSSR count). The van der Waals surface area contributed by atoms with E-state index in [0.717, 1.165) is 11.3 Å². The minimum absolute atomic E-state index is 0.0593. The van der Waals surface area contributed by atoms with E-state index < -0.39 is 0 Å². The van der Waals surface area contributed by atoms with Gasteiger partial charge in [0.2, 0.25) is 5.91 Å². The molecule has 2 N–H and O–H groups in total. The lowest BCUT2D eigenvalue weighted by molar-refractivity contribution is -0.135. The van der Waals surface area contributed by atoms with Gasteiger partial charge < -0.3 is 20.4 Å².